The van der Waals surface area contributed by atoms with Gasteiger partial charge in [-0.2, -0.15) is 0 Å². The molecule has 1 aromatic rings. The van der Waals surface area contributed by atoms with Crippen molar-refractivity contribution in [3.8, 4) is 0 Å². The third-order valence-electron chi connectivity index (χ3n) is 3.92. The van der Waals surface area contributed by atoms with E-state index in [4.69, 9.17) is 11.5 Å². The molecule has 116 valence electrons. The Bertz CT molecular complexity index is 479. The lowest BCUT2D eigenvalue weighted by molar-refractivity contribution is 0.0995. The van der Waals surface area contributed by atoms with Gasteiger partial charge < -0.3 is 21.3 Å². The monoisotopic (exact) mass is 291 g/mol. The Morgan fingerprint density at radius 1 is 1.38 bits per heavy atom. The summed E-state index contributed by atoms with van der Waals surface area (Å²) < 4.78 is 0. The number of pyridine rings is 1. The molecule has 1 saturated heterocycles. The van der Waals surface area contributed by atoms with Gasteiger partial charge in [0.15, 0.2) is 0 Å². The number of anilines is 1. The molecule has 2 rings (SSSR count). The Morgan fingerprint density at radius 2 is 2.19 bits per heavy atom. The van der Waals surface area contributed by atoms with Gasteiger partial charge in [-0.25, -0.2) is 0 Å². The van der Waals surface area contributed by atoms with Gasteiger partial charge in [-0.05, 0) is 37.6 Å². The van der Waals surface area contributed by atoms with Gasteiger partial charge in [0.2, 0.25) is 0 Å². The highest BCUT2D eigenvalue weighted by atomic mass is 16.1. The molecule has 1 amide bonds. The minimum atomic E-state index is -0.481. The molecule has 0 aromatic carbocycles. The fraction of sp³-hybridized carbons (Fsp3) is 0.600. The Labute approximate surface area is 126 Å². The van der Waals surface area contributed by atoms with Crippen LogP contribution in [0.3, 0.4) is 0 Å². The molecule has 6 nitrogen and oxygen atoms in total. The molecule has 0 saturated carbocycles. The molecule has 21 heavy (non-hydrogen) atoms. The number of rotatable bonds is 5. The van der Waals surface area contributed by atoms with Crippen LogP contribution in [0.15, 0.2) is 18.3 Å². The molecule has 6 heteroatoms. The summed E-state index contributed by atoms with van der Waals surface area (Å²) in [6, 6.07) is 3.71. The number of amides is 1. The zero-order valence-electron chi connectivity index (χ0n) is 12.7. The second-order valence-corrected chi connectivity index (χ2v) is 5.75. The molecule has 2 heterocycles. The summed E-state index contributed by atoms with van der Waals surface area (Å²) in [6.07, 6.45) is 2.75. The summed E-state index contributed by atoms with van der Waals surface area (Å²) in [5.41, 5.74) is 12.3. The van der Waals surface area contributed by atoms with E-state index in [1.807, 2.05) is 6.07 Å². The highest BCUT2D eigenvalue weighted by molar-refractivity contribution is 5.91. The second kappa shape index (κ2) is 7.38. The van der Waals surface area contributed by atoms with Gasteiger partial charge in [-0.1, -0.05) is 6.92 Å². The van der Waals surface area contributed by atoms with Gasteiger partial charge in [0.05, 0.1) is 0 Å². The molecule has 0 radical (unpaired) electrons. The molecular weight excluding hydrogens is 266 g/mol. The highest BCUT2D eigenvalue weighted by Gasteiger charge is 2.17. The van der Waals surface area contributed by atoms with E-state index in [1.165, 1.54) is 0 Å². The number of carbonyl (C=O) groups excluding carboxylic acids is 1. The van der Waals surface area contributed by atoms with Gasteiger partial charge in [-0.3, -0.25) is 9.78 Å². The first-order chi connectivity index (χ1) is 10.1. The number of nitrogens with two attached hydrogens (primary N) is 2. The van der Waals surface area contributed by atoms with Crippen molar-refractivity contribution in [2.24, 2.45) is 17.4 Å². The standard InChI is InChI=1S/C15H25N5O/c1-12(10-16)11-19-5-2-6-20(8-7-19)13-3-4-18-14(9-13)15(17)21/h3-4,9,12H,2,5-8,10-11,16H2,1H3,(H2,17,21). The van der Waals surface area contributed by atoms with Gasteiger partial charge in [0, 0.05) is 38.1 Å². The maximum Gasteiger partial charge on any atom is 0.267 e. The van der Waals surface area contributed by atoms with Crippen molar-refractivity contribution < 1.29 is 4.79 Å². The van der Waals surface area contributed by atoms with E-state index in [2.05, 4.69) is 21.7 Å². The normalized spacial score (nSPS) is 18.3. The van der Waals surface area contributed by atoms with Crippen LogP contribution in [-0.2, 0) is 0 Å². The van der Waals surface area contributed by atoms with E-state index >= 15 is 0 Å². The fourth-order valence-corrected chi connectivity index (χ4v) is 2.68. The number of primary amides is 1. The topological polar surface area (TPSA) is 88.5 Å². The van der Waals surface area contributed by atoms with Gasteiger partial charge in [0.25, 0.3) is 5.91 Å². The molecule has 1 aromatic heterocycles. The maximum atomic E-state index is 11.2. The Morgan fingerprint density at radius 3 is 2.90 bits per heavy atom. The highest BCUT2D eigenvalue weighted by Crippen LogP contribution is 2.17. The molecule has 0 spiro atoms. The molecular formula is C15H25N5O. The van der Waals surface area contributed by atoms with Crippen LogP contribution in [0.25, 0.3) is 0 Å². The van der Waals surface area contributed by atoms with Crippen LogP contribution >= 0.6 is 0 Å². The van der Waals surface area contributed by atoms with Crippen molar-refractivity contribution in [3.63, 3.8) is 0 Å². The third-order valence-corrected chi connectivity index (χ3v) is 3.92. The summed E-state index contributed by atoms with van der Waals surface area (Å²) in [6.45, 7) is 7.99. The van der Waals surface area contributed by atoms with Crippen LogP contribution in [0.1, 0.15) is 23.8 Å². The molecule has 1 atom stereocenters. The quantitative estimate of drug-likeness (QED) is 0.814. The first-order valence-corrected chi connectivity index (χ1v) is 7.53. The van der Waals surface area contributed by atoms with Crippen LogP contribution in [0.2, 0.25) is 0 Å². The summed E-state index contributed by atoms with van der Waals surface area (Å²) in [5, 5.41) is 0. The molecule has 0 bridgehead atoms. The molecule has 1 unspecified atom stereocenters. The van der Waals surface area contributed by atoms with Crippen molar-refractivity contribution in [2.45, 2.75) is 13.3 Å². The fourth-order valence-electron chi connectivity index (χ4n) is 2.68. The lowest BCUT2D eigenvalue weighted by Gasteiger charge is -2.25. The number of aromatic nitrogens is 1. The number of hydrogen-bond donors (Lipinski definition) is 2. The Kier molecular flexibility index (Phi) is 5.52. The maximum absolute atomic E-state index is 11.2. The van der Waals surface area contributed by atoms with Gasteiger partial charge in [-0.15, -0.1) is 0 Å². The largest absolute Gasteiger partial charge is 0.370 e. The van der Waals surface area contributed by atoms with Gasteiger partial charge in [0.1, 0.15) is 5.69 Å². The van der Waals surface area contributed by atoms with Crippen molar-refractivity contribution in [1.29, 1.82) is 0 Å². The van der Waals surface area contributed by atoms with E-state index in [-0.39, 0.29) is 0 Å². The summed E-state index contributed by atoms with van der Waals surface area (Å²) in [5.74, 6) is 0.0454. The summed E-state index contributed by atoms with van der Waals surface area (Å²) >= 11 is 0. The Hall–Kier alpha value is -1.66. The van der Waals surface area contributed by atoms with E-state index in [1.54, 1.807) is 12.3 Å². The lowest BCUT2D eigenvalue weighted by atomic mass is 10.1. The third kappa shape index (κ3) is 4.41. The van der Waals surface area contributed by atoms with Crippen molar-refractivity contribution in [3.05, 3.63) is 24.0 Å². The van der Waals surface area contributed by atoms with Crippen molar-refractivity contribution >= 4 is 11.6 Å². The zero-order chi connectivity index (χ0) is 15.2. The van der Waals surface area contributed by atoms with Gasteiger partial charge >= 0.3 is 0 Å². The molecule has 0 aliphatic carbocycles. The SMILES string of the molecule is CC(CN)CN1CCCN(c2ccnc(C(N)=O)c2)CC1. The first-order valence-electron chi connectivity index (χ1n) is 7.53. The van der Waals surface area contributed by atoms with E-state index in [9.17, 15) is 4.79 Å². The Balaban J connectivity index is 1.99. The average molecular weight is 291 g/mol. The van der Waals surface area contributed by atoms with Crippen LogP contribution in [0.4, 0.5) is 5.69 Å². The number of nitrogens with zero attached hydrogens (tertiary/aromatic N) is 3. The zero-order valence-corrected chi connectivity index (χ0v) is 12.7. The van der Waals surface area contributed by atoms with E-state index in [0.29, 0.717) is 11.6 Å². The molecule has 1 aliphatic heterocycles. The predicted molar refractivity (Wildman–Crippen MR) is 84.2 cm³/mol. The van der Waals surface area contributed by atoms with E-state index < -0.39 is 5.91 Å². The molecule has 1 aliphatic rings. The average Bonchev–Trinajstić information content (AvgIpc) is 2.73. The minimum Gasteiger partial charge on any atom is -0.370 e. The minimum absolute atomic E-state index is 0.324. The van der Waals surface area contributed by atoms with Crippen molar-refractivity contribution in [1.82, 2.24) is 9.88 Å². The molecule has 4 N–H and O–H groups in total. The number of hydrogen-bond acceptors (Lipinski definition) is 5. The van der Waals surface area contributed by atoms with Crippen LogP contribution in [0.5, 0.6) is 0 Å². The predicted octanol–water partition coefficient (Wildman–Crippen LogP) is 0.287. The first kappa shape index (κ1) is 15.7. The number of carbonyl (C=O) groups is 1. The van der Waals surface area contributed by atoms with E-state index in [0.717, 1.165) is 51.4 Å². The summed E-state index contributed by atoms with van der Waals surface area (Å²) in [4.78, 5) is 20.0. The van der Waals surface area contributed by atoms with Crippen LogP contribution in [-0.4, -0.2) is 55.1 Å². The van der Waals surface area contributed by atoms with Crippen LogP contribution in [0, 0.1) is 5.92 Å². The smallest absolute Gasteiger partial charge is 0.267 e. The van der Waals surface area contributed by atoms with Crippen LogP contribution < -0.4 is 16.4 Å². The second-order valence-electron chi connectivity index (χ2n) is 5.75. The summed E-state index contributed by atoms with van der Waals surface area (Å²) in [7, 11) is 0. The molecule has 1 fully saturated rings. The lowest BCUT2D eigenvalue weighted by Crippen LogP contribution is -2.35. The van der Waals surface area contributed by atoms with Crippen molar-refractivity contribution in [2.75, 3.05) is 44.2 Å².